The average molecular weight is 839 g/mol. The quantitative estimate of drug-likeness (QED) is 0.141. The summed E-state index contributed by atoms with van der Waals surface area (Å²) in [6, 6.07) is 23.8. The molecule has 0 fully saturated rings. The van der Waals surface area contributed by atoms with Crippen LogP contribution in [0.15, 0.2) is 91.1 Å². The zero-order valence-corrected chi connectivity index (χ0v) is 34.9. The Morgan fingerprint density at radius 2 is 1.63 bits per heavy atom. The van der Waals surface area contributed by atoms with Gasteiger partial charge in [0.1, 0.15) is 36.6 Å². The number of ether oxygens (including phenoxy) is 4. The van der Waals surface area contributed by atoms with Gasteiger partial charge in [0.05, 0.1) is 16.6 Å². The van der Waals surface area contributed by atoms with E-state index in [1.807, 2.05) is 86.6 Å². The molecule has 4 aromatic carbocycles. The number of aliphatic carboxylic acids is 1. The lowest BCUT2D eigenvalue weighted by Gasteiger charge is -2.38. The molecule has 0 unspecified atom stereocenters. The number of carbonyl (C=O) groups is 3. The molecule has 5 aromatic rings. The van der Waals surface area contributed by atoms with Gasteiger partial charge in [-0.05, 0) is 122 Å². The van der Waals surface area contributed by atoms with Crippen molar-refractivity contribution in [3.8, 4) is 28.4 Å². The molecule has 3 atom stereocenters. The van der Waals surface area contributed by atoms with E-state index in [4.69, 9.17) is 42.1 Å². The lowest BCUT2D eigenvalue weighted by Crippen LogP contribution is -2.56. The molecule has 59 heavy (non-hydrogen) atoms. The lowest BCUT2D eigenvalue weighted by atomic mass is 9.92. The Kier molecular flexibility index (Phi) is 12.1. The number of carbonyl (C=O) groups excluding carboxylic acids is 2. The summed E-state index contributed by atoms with van der Waals surface area (Å²) >= 11 is 12.2. The Labute approximate surface area is 353 Å². The van der Waals surface area contributed by atoms with E-state index in [1.54, 1.807) is 39.1 Å². The first-order valence-electron chi connectivity index (χ1n) is 19.3. The minimum absolute atomic E-state index is 0.0294. The van der Waals surface area contributed by atoms with E-state index < -0.39 is 41.8 Å². The summed E-state index contributed by atoms with van der Waals surface area (Å²) in [5.41, 5.74) is 7.20. The number of nitrogens with one attached hydrogen (secondary N) is 1. The molecule has 2 aliphatic rings. The summed E-state index contributed by atoms with van der Waals surface area (Å²) in [4.78, 5) is 45.9. The number of amides is 2. The largest absolute Gasteiger partial charge is 0.489 e. The number of aromatic nitrogens is 1. The van der Waals surface area contributed by atoms with Crippen molar-refractivity contribution in [1.29, 1.82) is 0 Å². The Morgan fingerprint density at radius 3 is 2.32 bits per heavy atom. The van der Waals surface area contributed by atoms with Gasteiger partial charge in [-0.1, -0.05) is 65.7 Å². The van der Waals surface area contributed by atoms with Crippen LogP contribution in [0.5, 0.6) is 17.2 Å². The monoisotopic (exact) mass is 837 g/mol. The number of fused-ring (bicyclic) bond motifs is 2. The molecule has 1 aromatic heterocycles. The number of aryl methyl sites for hydroxylation is 1. The first-order valence-corrected chi connectivity index (χ1v) is 20.0. The summed E-state index contributed by atoms with van der Waals surface area (Å²) < 4.78 is 24.3. The van der Waals surface area contributed by atoms with Crippen LogP contribution in [0, 0.1) is 13.8 Å². The van der Waals surface area contributed by atoms with Crippen LogP contribution < -0.4 is 19.5 Å². The van der Waals surface area contributed by atoms with Gasteiger partial charge in [-0.15, -0.1) is 0 Å². The third-order valence-electron chi connectivity index (χ3n) is 10.4. The SMILES string of the molecule is Cc1nccc(-c2ccc(C[C@H](NC(=O)[C@@H]3Cc4cc5c(cc4CN3C(=O)OC(C)(C)C)O[C@@H](c3ccc(OCc4ccc(Cl)c(Cl)c4)cc3)CO5)C(=O)O)cc2)c1C. The minimum Gasteiger partial charge on any atom is -0.489 e. The smallest absolute Gasteiger partial charge is 0.411 e. The molecule has 2 amide bonds. The summed E-state index contributed by atoms with van der Waals surface area (Å²) in [6.07, 6.45) is 0.802. The molecule has 0 spiro atoms. The van der Waals surface area contributed by atoms with Crippen LogP contribution in [-0.2, 0) is 40.3 Å². The fourth-order valence-corrected chi connectivity index (χ4v) is 7.43. The molecule has 11 nitrogen and oxygen atoms in total. The first-order chi connectivity index (χ1) is 28.1. The third-order valence-corrected chi connectivity index (χ3v) is 11.1. The molecule has 0 bridgehead atoms. The highest BCUT2D eigenvalue weighted by Gasteiger charge is 2.39. The standard InChI is InChI=1S/C46H45Cl2N3O8/c1-26-27(2)49-17-16-35(26)30-9-6-28(7-10-30)19-38(44(53)54)50-43(52)39-20-32-21-40-41(22-33(32)23-51(39)45(55)59-46(3,4)5)58-42(25-57-40)31-11-13-34(14-12-31)56-24-29-8-15-36(47)37(48)18-29/h6-18,21-22,38-39,42H,19-20,23-25H2,1-5H3,(H,50,52)(H,53,54)/t38-,39-,42+/m0/s1. The second-order valence-corrected chi connectivity index (χ2v) is 16.6. The maximum Gasteiger partial charge on any atom is 0.411 e. The van der Waals surface area contributed by atoms with E-state index in [9.17, 15) is 19.5 Å². The van der Waals surface area contributed by atoms with Crippen molar-refractivity contribution < 1.29 is 38.4 Å². The van der Waals surface area contributed by atoms with Gasteiger partial charge in [0.2, 0.25) is 5.91 Å². The molecule has 2 aliphatic heterocycles. The zero-order chi connectivity index (χ0) is 42.0. The van der Waals surface area contributed by atoms with E-state index >= 15 is 0 Å². The van der Waals surface area contributed by atoms with Gasteiger partial charge in [-0.3, -0.25) is 14.7 Å². The summed E-state index contributed by atoms with van der Waals surface area (Å²) in [7, 11) is 0. The number of pyridine rings is 1. The Bertz CT molecular complexity index is 2380. The molecule has 0 aliphatic carbocycles. The van der Waals surface area contributed by atoms with Crippen LogP contribution in [0.1, 0.15) is 65.9 Å². The number of halogens is 2. The van der Waals surface area contributed by atoms with Crippen LogP contribution in [0.2, 0.25) is 10.0 Å². The number of nitrogens with zero attached hydrogens (tertiary/aromatic N) is 2. The van der Waals surface area contributed by atoms with Crippen LogP contribution in [0.4, 0.5) is 4.79 Å². The van der Waals surface area contributed by atoms with E-state index in [1.165, 1.54) is 4.90 Å². The molecule has 3 heterocycles. The van der Waals surface area contributed by atoms with Crippen molar-refractivity contribution in [2.75, 3.05) is 6.61 Å². The molecule has 7 rings (SSSR count). The van der Waals surface area contributed by atoms with Gasteiger partial charge in [-0.2, -0.15) is 0 Å². The highest BCUT2D eigenvalue weighted by molar-refractivity contribution is 6.42. The number of benzene rings is 4. The second kappa shape index (κ2) is 17.2. The van der Waals surface area contributed by atoms with Gasteiger partial charge in [0.15, 0.2) is 17.6 Å². The maximum absolute atomic E-state index is 14.0. The van der Waals surface area contributed by atoms with Gasteiger partial charge in [-0.25, -0.2) is 9.59 Å². The highest BCUT2D eigenvalue weighted by atomic mass is 35.5. The molecule has 306 valence electrons. The number of hydrogen-bond acceptors (Lipinski definition) is 8. The normalized spacial score (nSPS) is 16.4. The predicted molar refractivity (Wildman–Crippen MR) is 224 cm³/mol. The Morgan fingerprint density at radius 1 is 0.915 bits per heavy atom. The Hall–Kier alpha value is -5.78. The topological polar surface area (TPSA) is 137 Å². The maximum atomic E-state index is 14.0. The molecule has 13 heteroatoms. The van der Waals surface area contributed by atoms with E-state index in [0.717, 1.165) is 50.2 Å². The number of carboxylic acids is 1. The van der Waals surface area contributed by atoms with E-state index in [0.29, 0.717) is 33.9 Å². The number of hydrogen-bond donors (Lipinski definition) is 2. The van der Waals surface area contributed by atoms with Crippen molar-refractivity contribution >= 4 is 41.2 Å². The van der Waals surface area contributed by atoms with E-state index in [-0.39, 0.29) is 26.0 Å². The minimum atomic E-state index is -1.25. The number of carboxylic acid groups (broad SMARTS) is 1. The third kappa shape index (κ3) is 9.75. The van der Waals surface area contributed by atoms with Crippen LogP contribution in [0.25, 0.3) is 11.1 Å². The Balaban J connectivity index is 1.05. The van der Waals surface area contributed by atoms with Crippen molar-refractivity contribution in [3.63, 3.8) is 0 Å². The van der Waals surface area contributed by atoms with Crippen molar-refractivity contribution in [2.24, 2.45) is 0 Å². The molecular weight excluding hydrogens is 793 g/mol. The summed E-state index contributed by atoms with van der Waals surface area (Å²) in [5, 5.41) is 13.9. The van der Waals surface area contributed by atoms with Crippen LogP contribution in [0.3, 0.4) is 0 Å². The number of rotatable bonds is 10. The second-order valence-electron chi connectivity index (χ2n) is 15.8. The molecule has 0 radical (unpaired) electrons. The van der Waals surface area contributed by atoms with Crippen molar-refractivity contribution in [3.05, 3.63) is 140 Å². The van der Waals surface area contributed by atoms with Crippen LogP contribution in [-0.4, -0.2) is 57.3 Å². The van der Waals surface area contributed by atoms with Crippen LogP contribution >= 0.6 is 23.2 Å². The average Bonchev–Trinajstić information content (AvgIpc) is 3.20. The fourth-order valence-electron chi connectivity index (χ4n) is 7.11. The lowest BCUT2D eigenvalue weighted by molar-refractivity contribution is -0.142. The van der Waals surface area contributed by atoms with Crippen molar-refractivity contribution in [2.45, 2.75) is 84.4 Å². The predicted octanol–water partition coefficient (Wildman–Crippen LogP) is 9.24. The summed E-state index contributed by atoms with van der Waals surface area (Å²) in [6.45, 7) is 9.80. The molecule has 0 saturated carbocycles. The van der Waals surface area contributed by atoms with Crippen molar-refractivity contribution in [1.82, 2.24) is 15.2 Å². The van der Waals surface area contributed by atoms with Gasteiger partial charge in [0.25, 0.3) is 0 Å². The zero-order valence-electron chi connectivity index (χ0n) is 33.4. The van der Waals surface area contributed by atoms with Gasteiger partial charge in [0, 0.05) is 24.7 Å². The van der Waals surface area contributed by atoms with Gasteiger partial charge >= 0.3 is 12.1 Å². The summed E-state index contributed by atoms with van der Waals surface area (Å²) in [5.74, 6) is -0.119. The van der Waals surface area contributed by atoms with E-state index in [2.05, 4.69) is 10.3 Å². The fraction of sp³-hybridized carbons (Fsp3) is 0.304. The van der Waals surface area contributed by atoms with Gasteiger partial charge < -0.3 is 29.4 Å². The molecular formula is C46H45Cl2N3O8. The molecule has 2 N–H and O–H groups in total. The highest BCUT2D eigenvalue weighted by Crippen LogP contribution is 2.41. The molecule has 0 saturated heterocycles. The first kappa shape index (κ1) is 41.4.